The quantitative estimate of drug-likeness (QED) is 0.544. The number of hydrogen-bond acceptors (Lipinski definition) is 1. The summed E-state index contributed by atoms with van der Waals surface area (Å²) in [5, 5.41) is 9.25. The second-order valence-corrected chi connectivity index (χ2v) is 2.87. The fourth-order valence-corrected chi connectivity index (χ4v) is 0.847. The van der Waals surface area contributed by atoms with Gasteiger partial charge in [0.05, 0.1) is 0 Å². The molecule has 0 aliphatic heterocycles. The summed E-state index contributed by atoms with van der Waals surface area (Å²) in [4.78, 5) is 0. The van der Waals surface area contributed by atoms with Gasteiger partial charge in [0.15, 0.2) is 6.17 Å². The molecule has 0 bridgehead atoms. The highest BCUT2D eigenvalue weighted by Crippen LogP contribution is 2.22. The van der Waals surface area contributed by atoms with E-state index in [0.717, 1.165) is 5.57 Å². The zero-order valence-corrected chi connectivity index (χ0v) is 6.13. The number of halogens is 1. The maximum absolute atomic E-state index is 12.8. The van der Waals surface area contributed by atoms with Crippen LogP contribution in [-0.4, -0.2) is 16.9 Å². The summed E-state index contributed by atoms with van der Waals surface area (Å²) in [5.74, 6) is 0. The zero-order chi connectivity index (χ0) is 7.78. The van der Waals surface area contributed by atoms with Gasteiger partial charge in [0.1, 0.15) is 5.60 Å². The topological polar surface area (TPSA) is 20.2 Å². The lowest BCUT2D eigenvalue weighted by atomic mass is 9.93. The first kappa shape index (κ1) is 7.48. The maximum Gasteiger partial charge on any atom is 0.151 e. The van der Waals surface area contributed by atoms with E-state index in [1.54, 1.807) is 13.0 Å². The van der Waals surface area contributed by atoms with E-state index in [-0.39, 0.29) is 0 Å². The van der Waals surface area contributed by atoms with Gasteiger partial charge in [0.2, 0.25) is 0 Å². The summed E-state index contributed by atoms with van der Waals surface area (Å²) in [6.07, 6.45) is 3.35. The van der Waals surface area contributed by atoms with Crippen LogP contribution in [-0.2, 0) is 0 Å². The fourth-order valence-electron chi connectivity index (χ4n) is 0.847. The molecular formula is C8H11FO. The summed E-state index contributed by atoms with van der Waals surface area (Å²) in [7, 11) is 0. The van der Waals surface area contributed by atoms with Crippen molar-refractivity contribution in [3.8, 4) is 0 Å². The summed E-state index contributed by atoms with van der Waals surface area (Å²) >= 11 is 0. The monoisotopic (exact) mass is 142 g/mol. The SMILES string of the molecule is CC1=CC(F)C(C)(O)C=C1. The van der Waals surface area contributed by atoms with Crippen LogP contribution in [0.3, 0.4) is 0 Å². The van der Waals surface area contributed by atoms with Gasteiger partial charge in [-0.1, -0.05) is 11.6 Å². The third-order valence-electron chi connectivity index (χ3n) is 1.65. The molecule has 0 spiro atoms. The smallest absolute Gasteiger partial charge is 0.151 e. The van der Waals surface area contributed by atoms with Crippen molar-refractivity contribution >= 4 is 0 Å². The van der Waals surface area contributed by atoms with E-state index < -0.39 is 11.8 Å². The summed E-state index contributed by atoms with van der Waals surface area (Å²) in [6, 6.07) is 0. The van der Waals surface area contributed by atoms with E-state index in [2.05, 4.69) is 0 Å². The Morgan fingerprint density at radius 1 is 1.70 bits per heavy atom. The molecule has 1 aliphatic carbocycles. The molecule has 1 N–H and O–H groups in total. The van der Waals surface area contributed by atoms with Gasteiger partial charge >= 0.3 is 0 Å². The van der Waals surface area contributed by atoms with Crippen molar-refractivity contribution < 1.29 is 9.50 Å². The highest BCUT2D eigenvalue weighted by atomic mass is 19.1. The van der Waals surface area contributed by atoms with Gasteiger partial charge in [-0.25, -0.2) is 4.39 Å². The molecule has 1 rings (SSSR count). The molecule has 2 heteroatoms. The lowest BCUT2D eigenvalue weighted by Gasteiger charge is -2.24. The van der Waals surface area contributed by atoms with E-state index in [1.807, 2.05) is 0 Å². The average Bonchev–Trinajstić information content (AvgIpc) is 1.81. The first-order chi connectivity index (χ1) is 4.52. The molecule has 0 amide bonds. The third kappa shape index (κ3) is 1.27. The van der Waals surface area contributed by atoms with Crippen molar-refractivity contribution in [2.24, 2.45) is 0 Å². The average molecular weight is 142 g/mol. The predicted molar refractivity (Wildman–Crippen MR) is 38.4 cm³/mol. The van der Waals surface area contributed by atoms with E-state index in [1.165, 1.54) is 19.1 Å². The lowest BCUT2D eigenvalue weighted by Crippen LogP contribution is -2.34. The molecule has 0 fully saturated rings. The van der Waals surface area contributed by atoms with Gasteiger partial charge in [0.25, 0.3) is 0 Å². The molecule has 2 unspecified atom stereocenters. The highest BCUT2D eigenvalue weighted by Gasteiger charge is 2.29. The van der Waals surface area contributed by atoms with Crippen LogP contribution in [0.4, 0.5) is 4.39 Å². The van der Waals surface area contributed by atoms with Gasteiger partial charge < -0.3 is 5.11 Å². The van der Waals surface area contributed by atoms with E-state index in [9.17, 15) is 9.50 Å². The van der Waals surface area contributed by atoms with Gasteiger partial charge in [-0.2, -0.15) is 0 Å². The molecule has 1 aliphatic rings. The first-order valence-electron chi connectivity index (χ1n) is 3.26. The second-order valence-electron chi connectivity index (χ2n) is 2.87. The lowest BCUT2D eigenvalue weighted by molar-refractivity contribution is 0.0439. The maximum atomic E-state index is 12.8. The summed E-state index contributed by atoms with van der Waals surface area (Å²) in [6.45, 7) is 3.26. The molecule has 0 aromatic heterocycles. The first-order valence-corrected chi connectivity index (χ1v) is 3.26. The van der Waals surface area contributed by atoms with E-state index in [4.69, 9.17) is 0 Å². The largest absolute Gasteiger partial charge is 0.383 e. The normalized spacial score (nSPS) is 39.6. The van der Waals surface area contributed by atoms with Crippen LogP contribution >= 0.6 is 0 Å². The molecule has 0 aromatic carbocycles. The molecule has 0 saturated carbocycles. The summed E-state index contributed by atoms with van der Waals surface area (Å²) in [5.41, 5.74) is -0.446. The molecule has 0 heterocycles. The molecular weight excluding hydrogens is 131 g/mol. The minimum atomic E-state index is -1.31. The molecule has 0 aromatic rings. The van der Waals surface area contributed by atoms with Crippen molar-refractivity contribution in [2.45, 2.75) is 25.6 Å². The standard InChI is InChI=1S/C8H11FO/c1-6-3-4-8(2,10)7(9)5-6/h3-5,7,10H,1-2H3. The van der Waals surface area contributed by atoms with Crippen LogP contribution in [0.5, 0.6) is 0 Å². The zero-order valence-electron chi connectivity index (χ0n) is 6.13. The molecule has 1 nitrogen and oxygen atoms in total. The van der Waals surface area contributed by atoms with Gasteiger partial charge in [-0.3, -0.25) is 0 Å². The van der Waals surface area contributed by atoms with E-state index >= 15 is 0 Å². The van der Waals surface area contributed by atoms with Crippen LogP contribution in [0.2, 0.25) is 0 Å². The van der Waals surface area contributed by atoms with Crippen molar-refractivity contribution in [1.29, 1.82) is 0 Å². The van der Waals surface area contributed by atoms with Gasteiger partial charge in [0, 0.05) is 0 Å². The van der Waals surface area contributed by atoms with Crippen molar-refractivity contribution in [2.75, 3.05) is 0 Å². The molecule has 56 valence electrons. The van der Waals surface area contributed by atoms with Crippen molar-refractivity contribution in [3.05, 3.63) is 23.8 Å². The van der Waals surface area contributed by atoms with Crippen LogP contribution in [0.15, 0.2) is 23.8 Å². The van der Waals surface area contributed by atoms with Crippen molar-refractivity contribution in [1.82, 2.24) is 0 Å². The van der Waals surface area contributed by atoms with Crippen LogP contribution in [0.1, 0.15) is 13.8 Å². The van der Waals surface area contributed by atoms with Crippen LogP contribution in [0.25, 0.3) is 0 Å². The van der Waals surface area contributed by atoms with E-state index in [0.29, 0.717) is 0 Å². The van der Waals surface area contributed by atoms with Crippen LogP contribution < -0.4 is 0 Å². The Bertz CT molecular complexity index is 191. The Balaban J connectivity index is 2.84. The minimum absolute atomic E-state index is 0.860. The Kier molecular flexibility index (Phi) is 1.65. The Morgan fingerprint density at radius 2 is 2.30 bits per heavy atom. The molecule has 0 saturated heterocycles. The molecule has 0 radical (unpaired) electrons. The predicted octanol–water partition coefficient (Wildman–Crippen LogP) is 1.59. The Hall–Kier alpha value is -0.630. The van der Waals surface area contributed by atoms with Crippen molar-refractivity contribution in [3.63, 3.8) is 0 Å². The highest BCUT2D eigenvalue weighted by molar-refractivity contribution is 5.28. The Labute approximate surface area is 59.9 Å². The van der Waals surface area contributed by atoms with Crippen LogP contribution in [0, 0.1) is 0 Å². The Morgan fingerprint density at radius 3 is 2.70 bits per heavy atom. The third-order valence-corrected chi connectivity index (χ3v) is 1.65. The number of allylic oxidation sites excluding steroid dienone is 2. The summed E-state index contributed by atoms with van der Waals surface area (Å²) < 4.78 is 12.8. The second kappa shape index (κ2) is 2.20. The molecule has 2 atom stereocenters. The number of alkyl halides is 1. The van der Waals surface area contributed by atoms with Gasteiger partial charge in [-0.05, 0) is 26.0 Å². The fraction of sp³-hybridized carbons (Fsp3) is 0.500. The minimum Gasteiger partial charge on any atom is -0.383 e. The number of aliphatic hydroxyl groups is 1. The number of hydrogen-bond donors (Lipinski definition) is 1. The number of rotatable bonds is 0. The molecule has 10 heavy (non-hydrogen) atoms. The van der Waals surface area contributed by atoms with Gasteiger partial charge in [-0.15, -0.1) is 0 Å².